The fourth-order valence-corrected chi connectivity index (χ4v) is 3.88. The van der Waals surface area contributed by atoms with Crippen molar-refractivity contribution < 1.29 is 23.8 Å². The number of unbranched alkanes of at least 4 members (excludes halogenated alkanes) is 1. The highest BCUT2D eigenvalue weighted by molar-refractivity contribution is 5.85. The van der Waals surface area contributed by atoms with E-state index >= 15 is 0 Å². The minimum absolute atomic E-state index is 0.245. The number of rotatable bonds is 13. The van der Waals surface area contributed by atoms with Crippen molar-refractivity contribution in [3.8, 4) is 0 Å². The number of halogens is 1. The monoisotopic (exact) mass is 450 g/mol. The molecule has 33 heavy (non-hydrogen) atoms. The number of Topliss-reactive ketones (excluding diaryl/α,β-unsaturated/α-hetero) is 1. The van der Waals surface area contributed by atoms with Crippen molar-refractivity contribution in [2.75, 3.05) is 19.8 Å². The molecular weight excluding hydrogens is 419 g/mol. The molecule has 0 bridgehead atoms. The van der Waals surface area contributed by atoms with Crippen LogP contribution in [0.4, 0.5) is 4.39 Å². The third-order valence-corrected chi connectivity index (χ3v) is 5.59. The van der Waals surface area contributed by atoms with Crippen LogP contribution >= 0.6 is 0 Å². The average Bonchev–Trinajstić information content (AvgIpc) is 2.88. The molecular formula is C28H31FO4. The summed E-state index contributed by atoms with van der Waals surface area (Å²) >= 11 is 0. The largest absolute Gasteiger partial charge is 0.393 e. The lowest BCUT2D eigenvalue weighted by Crippen LogP contribution is -2.42. The molecule has 5 heteroatoms. The predicted octanol–water partition coefficient (Wildman–Crippen LogP) is 5.08. The summed E-state index contributed by atoms with van der Waals surface area (Å²) < 4.78 is 26.4. The zero-order valence-corrected chi connectivity index (χ0v) is 18.9. The third kappa shape index (κ3) is 5.93. The molecule has 0 aromatic heterocycles. The Labute approximate surface area is 195 Å². The highest BCUT2D eigenvalue weighted by Crippen LogP contribution is 2.40. The average molecular weight is 451 g/mol. The van der Waals surface area contributed by atoms with Gasteiger partial charge in [-0.2, -0.15) is 0 Å². The molecule has 0 fully saturated rings. The summed E-state index contributed by atoms with van der Waals surface area (Å²) in [7, 11) is 0. The summed E-state index contributed by atoms with van der Waals surface area (Å²) in [6.07, 6.45) is -1.63. The van der Waals surface area contributed by atoms with E-state index in [0.717, 1.165) is 23.1 Å². The van der Waals surface area contributed by atoms with Crippen LogP contribution in [-0.2, 0) is 19.9 Å². The number of aliphatic hydroxyl groups is 1. The molecule has 2 atom stereocenters. The zero-order chi connectivity index (χ0) is 23.5. The van der Waals surface area contributed by atoms with Crippen molar-refractivity contribution >= 4 is 5.78 Å². The quantitative estimate of drug-likeness (QED) is 0.291. The van der Waals surface area contributed by atoms with Crippen LogP contribution in [0.1, 0.15) is 36.5 Å². The van der Waals surface area contributed by atoms with E-state index in [1.165, 1.54) is 0 Å². The Kier molecular flexibility index (Phi) is 9.31. The Balaban J connectivity index is 2.01. The summed E-state index contributed by atoms with van der Waals surface area (Å²) in [5.74, 6) is -0.542. The fourth-order valence-electron chi connectivity index (χ4n) is 3.88. The molecule has 0 amide bonds. The standard InChI is InChI=1S/C28H31FO4/c1-2-3-19-32-27(25(29)20-30)26(31)21-33-28(22-13-7-4-8-14-22,23-15-9-5-10-16-23)24-17-11-6-12-18-24/h4-18,25,27,30H,2-3,19-21H2,1H3/t25-,27-/m0/s1. The lowest BCUT2D eigenvalue weighted by molar-refractivity contribution is -0.145. The van der Waals surface area contributed by atoms with Gasteiger partial charge in [0.2, 0.25) is 0 Å². The Morgan fingerprint density at radius 2 is 1.33 bits per heavy atom. The molecule has 0 saturated carbocycles. The van der Waals surface area contributed by atoms with E-state index in [2.05, 4.69) is 0 Å². The van der Waals surface area contributed by atoms with Crippen molar-refractivity contribution in [3.63, 3.8) is 0 Å². The number of benzene rings is 3. The summed E-state index contributed by atoms with van der Waals surface area (Å²) in [6.45, 7) is 1.06. The summed E-state index contributed by atoms with van der Waals surface area (Å²) in [4.78, 5) is 13.1. The van der Waals surface area contributed by atoms with Gasteiger partial charge >= 0.3 is 0 Å². The van der Waals surface area contributed by atoms with Crippen molar-refractivity contribution in [3.05, 3.63) is 108 Å². The first-order valence-corrected chi connectivity index (χ1v) is 11.3. The molecule has 0 aliphatic heterocycles. The van der Waals surface area contributed by atoms with Crippen LogP contribution in [-0.4, -0.2) is 43.0 Å². The fraction of sp³-hybridized carbons (Fsp3) is 0.321. The number of ketones is 1. The van der Waals surface area contributed by atoms with E-state index < -0.39 is 30.3 Å². The topological polar surface area (TPSA) is 55.8 Å². The lowest BCUT2D eigenvalue weighted by Gasteiger charge is -2.36. The highest BCUT2D eigenvalue weighted by atomic mass is 19.1. The summed E-state index contributed by atoms with van der Waals surface area (Å²) in [5.41, 5.74) is 1.45. The molecule has 3 aromatic rings. The molecule has 3 aromatic carbocycles. The Bertz CT molecular complexity index is 866. The van der Waals surface area contributed by atoms with Crippen LogP contribution in [0.25, 0.3) is 0 Å². The molecule has 0 unspecified atom stereocenters. The molecule has 0 heterocycles. The Morgan fingerprint density at radius 1 is 0.879 bits per heavy atom. The second kappa shape index (κ2) is 12.4. The zero-order valence-electron chi connectivity index (χ0n) is 18.9. The Morgan fingerprint density at radius 3 is 1.73 bits per heavy atom. The number of hydrogen-bond donors (Lipinski definition) is 1. The summed E-state index contributed by atoms with van der Waals surface area (Å²) in [5, 5.41) is 9.32. The van der Waals surface area contributed by atoms with Crippen molar-refractivity contribution in [2.45, 2.75) is 37.6 Å². The van der Waals surface area contributed by atoms with E-state index in [0.29, 0.717) is 6.42 Å². The number of carbonyl (C=O) groups excluding carboxylic acids is 1. The second-order valence-corrected chi connectivity index (χ2v) is 7.88. The number of hydrogen-bond acceptors (Lipinski definition) is 4. The molecule has 4 nitrogen and oxygen atoms in total. The van der Waals surface area contributed by atoms with Crippen LogP contribution in [0.5, 0.6) is 0 Å². The van der Waals surface area contributed by atoms with Gasteiger partial charge in [-0.3, -0.25) is 4.79 Å². The van der Waals surface area contributed by atoms with Gasteiger partial charge < -0.3 is 14.6 Å². The van der Waals surface area contributed by atoms with Gasteiger partial charge in [0.05, 0.1) is 6.61 Å². The first-order valence-electron chi connectivity index (χ1n) is 11.3. The van der Waals surface area contributed by atoms with Crippen LogP contribution in [0.3, 0.4) is 0 Å². The number of alkyl halides is 1. The van der Waals surface area contributed by atoms with Crippen LogP contribution in [0.2, 0.25) is 0 Å². The molecule has 1 N–H and O–H groups in total. The Hall–Kier alpha value is -2.86. The maximum Gasteiger partial charge on any atom is 0.190 e. The van der Waals surface area contributed by atoms with Gasteiger partial charge in [0.1, 0.15) is 12.2 Å². The van der Waals surface area contributed by atoms with Gasteiger partial charge in [-0.25, -0.2) is 4.39 Å². The van der Waals surface area contributed by atoms with Gasteiger partial charge in [-0.15, -0.1) is 0 Å². The van der Waals surface area contributed by atoms with E-state index in [-0.39, 0.29) is 13.2 Å². The minimum atomic E-state index is -1.81. The first kappa shape index (κ1) is 24.8. The highest BCUT2D eigenvalue weighted by Gasteiger charge is 2.39. The summed E-state index contributed by atoms with van der Waals surface area (Å²) in [6, 6.07) is 29.0. The molecule has 174 valence electrons. The van der Waals surface area contributed by atoms with Crippen LogP contribution < -0.4 is 0 Å². The van der Waals surface area contributed by atoms with E-state index in [9.17, 15) is 14.3 Å². The van der Waals surface area contributed by atoms with Crippen molar-refractivity contribution in [1.82, 2.24) is 0 Å². The normalized spacial score (nSPS) is 13.4. The van der Waals surface area contributed by atoms with Crippen LogP contribution in [0, 0.1) is 0 Å². The van der Waals surface area contributed by atoms with Crippen LogP contribution in [0.15, 0.2) is 91.0 Å². The maximum atomic E-state index is 14.4. The number of aliphatic hydroxyl groups excluding tert-OH is 1. The first-order chi connectivity index (χ1) is 16.1. The van der Waals surface area contributed by atoms with Gasteiger partial charge in [0.25, 0.3) is 0 Å². The predicted molar refractivity (Wildman–Crippen MR) is 127 cm³/mol. The molecule has 3 rings (SSSR count). The molecule has 0 saturated heterocycles. The van der Waals surface area contributed by atoms with E-state index in [1.54, 1.807) is 0 Å². The van der Waals surface area contributed by atoms with Gasteiger partial charge in [-0.05, 0) is 23.1 Å². The number of ether oxygens (including phenoxy) is 2. The third-order valence-electron chi connectivity index (χ3n) is 5.59. The molecule has 0 spiro atoms. The van der Waals surface area contributed by atoms with E-state index in [4.69, 9.17) is 9.47 Å². The number of carbonyl (C=O) groups is 1. The lowest BCUT2D eigenvalue weighted by atomic mass is 9.80. The molecule has 0 aliphatic carbocycles. The molecule has 0 aliphatic rings. The second-order valence-electron chi connectivity index (χ2n) is 7.88. The van der Waals surface area contributed by atoms with E-state index in [1.807, 2.05) is 97.9 Å². The van der Waals surface area contributed by atoms with Gasteiger partial charge in [0.15, 0.2) is 18.1 Å². The van der Waals surface area contributed by atoms with Gasteiger partial charge in [0, 0.05) is 6.61 Å². The SMILES string of the molecule is CCCCO[C@H](C(=O)COC(c1ccccc1)(c1ccccc1)c1ccccc1)[C@@H](F)CO. The minimum Gasteiger partial charge on any atom is -0.393 e. The van der Waals surface area contributed by atoms with Crippen molar-refractivity contribution in [1.29, 1.82) is 0 Å². The smallest absolute Gasteiger partial charge is 0.190 e. The van der Waals surface area contributed by atoms with Gasteiger partial charge in [-0.1, -0.05) is 104 Å². The van der Waals surface area contributed by atoms with Crippen molar-refractivity contribution in [2.24, 2.45) is 0 Å². The molecule has 0 radical (unpaired) electrons. The maximum absolute atomic E-state index is 14.4.